The highest BCUT2D eigenvalue weighted by Crippen LogP contribution is 2.10. The highest BCUT2D eigenvalue weighted by atomic mass is 16.6. The van der Waals surface area contributed by atoms with Gasteiger partial charge in [-0.3, -0.25) is 4.79 Å². The molecule has 0 aromatic heterocycles. The van der Waals surface area contributed by atoms with Gasteiger partial charge >= 0.3 is 5.97 Å². The van der Waals surface area contributed by atoms with Crippen LogP contribution in [0.5, 0.6) is 0 Å². The summed E-state index contributed by atoms with van der Waals surface area (Å²) in [6, 6.07) is 0. The van der Waals surface area contributed by atoms with Gasteiger partial charge in [-0.25, -0.2) is 0 Å². The van der Waals surface area contributed by atoms with Crippen LogP contribution in [0.2, 0.25) is 0 Å². The maximum atomic E-state index is 11.5. The largest absolute Gasteiger partial charge is 0.457 e. The fourth-order valence-electron chi connectivity index (χ4n) is 3.68. The van der Waals surface area contributed by atoms with E-state index in [0.717, 1.165) is 44.9 Å². The van der Waals surface area contributed by atoms with Gasteiger partial charge in [-0.15, -0.1) is 0 Å². The van der Waals surface area contributed by atoms with Crippen molar-refractivity contribution in [2.45, 2.75) is 123 Å². The maximum Gasteiger partial charge on any atom is 0.306 e. The molecule has 0 rings (SSSR count). The fourth-order valence-corrected chi connectivity index (χ4v) is 3.68. The first-order chi connectivity index (χ1) is 18.2. The molecule has 0 aliphatic rings. The molecule has 0 radical (unpaired) electrons. The summed E-state index contributed by atoms with van der Waals surface area (Å²) in [7, 11) is 0. The zero-order valence-electron chi connectivity index (χ0n) is 24.0. The van der Waals surface area contributed by atoms with E-state index in [9.17, 15) is 9.90 Å². The van der Waals surface area contributed by atoms with Crippen molar-refractivity contribution in [2.75, 3.05) is 19.8 Å². The monoisotopic (exact) mass is 516 g/mol. The zero-order chi connectivity index (χ0) is 27.1. The molecule has 37 heavy (non-hydrogen) atoms. The second-order valence-corrected chi connectivity index (χ2v) is 9.44. The van der Waals surface area contributed by atoms with Gasteiger partial charge in [0, 0.05) is 13.0 Å². The topological polar surface area (TPSA) is 55.8 Å². The van der Waals surface area contributed by atoms with Crippen molar-refractivity contribution in [2.24, 2.45) is 0 Å². The van der Waals surface area contributed by atoms with Crippen LogP contribution in [0.25, 0.3) is 0 Å². The van der Waals surface area contributed by atoms with E-state index in [2.05, 4.69) is 67.7 Å². The third-order valence-corrected chi connectivity index (χ3v) is 5.83. The quantitative estimate of drug-likeness (QED) is 0.0708. The Morgan fingerprint density at radius 2 is 1.16 bits per heavy atom. The molecule has 1 unspecified atom stereocenters. The molecule has 1 atom stereocenters. The Balaban J connectivity index is 3.41. The predicted octanol–water partition coefficient (Wildman–Crippen LogP) is 8.97. The Kier molecular flexibility index (Phi) is 28.7. The summed E-state index contributed by atoms with van der Waals surface area (Å²) >= 11 is 0. The second-order valence-electron chi connectivity index (χ2n) is 9.44. The van der Waals surface area contributed by atoms with Crippen LogP contribution < -0.4 is 0 Å². The van der Waals surface area contributed by atoms with Crippen molar-refractivity contribution in [3.8, 4) is 0 Å². The highest BCUT2D eigenvalue weighted by molar-refractivity contribution is 5.69. The lowest BCUT2D eigenvalue weighted by Crippen LogP contribution is -2.27. The van der Waals surface area contributed by atoms with Crippen LogP contribution in [-0.4, -0.2) is 37.0 Å². The van der Waals surface area contributed by atoms with Gasteiger partial charge < -0.3 is 14.6 Å². The van der Waals surface area contributed by atoms with E-state index >= 15 is 0 Å². The molecule has 0 heterocycles. The average molecular weight is 517 g/mol. The number of hydrogen-bond acceptors (Lipinski definition) is 4. The summed E-state index contributed by atoms with van der Waals surface area (Å²) in [5.41, 5.74) is 0. The number of unbranched alkanes of at least 4 members (excludes halogenated alkanes) is 8. The fraction of sp³-hybridized carbons (Fsp3) is 0.667. The van der Waals surface area contributed by atoms with Crippen LogP contribution in [0.4, 0.5) is 0 Å². The summed E-state index contributed by atoms with van der Waals surface area (Å²) in [5.74, 6) is -0.261. The van der Waals surface area contributed by atoms with Crippen molar-refractivity contribution in [1.29, 1.82) is 0 Å². The summed E-state index contributed by atoms with van der Waals surface area (Å²) in [6.07, 6.45) is 39.5. The highest BCUT2D eigenvalue weighted by Gasteiger charge is 2.12. The lowest BCUT2D eigenvalue weighted by Gasteiger charge is -2.15. The smallest absolute Gasteiger partial charge is 0.306 e. The van der Waals surface area contributed by atoms with E-state index in [1.54, 1.807) is 0 Å². The molecular weight excluding hydrogens is 460 g/mol. The van der Waals surface area contributed by atoms with Crippen LogP contribution >= 0.6 is 0 Å². The summed E-state index contributed by atoms with van der Waals surface area (Å²) < 4.78 is 10.7. The first-order valence-electron chi connectivity index (χ1n) is 14.9. The van der Waals surface area contributed by atoms with Gasteiger partial charge in [0.05, 0.1) is 13.2 Å². The second kappa shape index (κ2) is 30.3. The Morgan fingerprint density at radius 1 is 0.676 bits per heavy atom. The summed E-state index contributed by atoms with van der Waals surface area (Å²) in [5, 5.41) is 9.27. The van der Waals surface area contributed by atoms with Gasteiger partial charge in [-0.1, -0.05) is 113 Å². The van der Waals surface area contributed by atoms with Gasteiger partial charge in [-0.2, -0.15) is 0 Å². The minimum atomic E-state index is -0.534. The van der Waals surface area contributed by atoms with Crippen LogP contribution in [0.3, 0.4) is 0 Å². The number of carbonyl (C=O) groups excluding carboxylic acids is 1. The lowest BCUT2D eigenvalue weighted by atomic mass is 10.1. The van der Waals surface area contributed by atoms with Crippen LogP contribution in [0, 0.1) is 0 Å². The molecule has 0 fully saturated rings. The van der Waals surface area contributed by atoms with Crippen LogP contribution in [-0.2, 0) is 14.3 Å². The average Bonchev–Trinajstić information content (AvgIpc) is 2.90. The van der Waals surface area contributed by atoms with Crippen molar-refractivity contribution in [1.82, 2.24) is 0 Å². The van der Waals surface area contributed by atoms with Crippen LogP contribution in [0.15, 0.2) is 60.8 Å². The van der Waals surface area contributed by atoms with Crippen molar-refractivity contribution in [3.63, 3.8) is 0 Å². The molecule has 0 aromatic carbocycles. The predicted molar refractivity (Wildman–Crippen MR) is 159 cm³/mol. The third-order valence-electron chi connectivity index (χ3n) is 5.83. The number of ether oxygens (including phenoxy) is 2. The third kappa shape index (κ3) is 28.5. The summed E-state index contributed by atoms with van der Waals surface area (Å²) in [6.45, 7) is 4.85. The molecular formula is C33H56O4. The molecule has 0 aliphatic heterocycles. The first kappa shape index (κ1) is 35.1. The molecule has 212 valence electrons. The molecule has 0 aliphatic carbocycles. The van der Waals surface area contributed by atoms with E-state index in [0.29, 0.717) is 13.0 Å². The molecule has 4 nitrogen and oxygen atoms in total. The Morgan fingerprint density at radius 3 is 1.68 bits per heavy atom. The molecule has 0 aromatic rings. The Hall–Kier alpha value is -1.91. The maximum absolute atomic E-state index is 11.5. The standard InChI is InChI=1S/C33H56O4/c1-3-5-6-7-8-9-10-11-12-13-14-15-16-17-18-19-20-21-22-23-24-25-26-27-29-36-31-32(30-34)37-33(35)28-4-2/h5-6,8-9,11-12,14-15,17-18,32,34H,3-4,7,10,13,16,19-31H2,1-2H3/b6-5-,9-8-,12-11-,15-14-,18-17-. The number of rotatable bonds is 26. The Labute approximate surface area is 228 Å². The number of aliphatic hydroxyl groups excluding tert-OH is 1. The first-order valence-corrected chi connectivity index (χ1v) is 14.9. The summed E-state index contributed by atoms with van der Waals surface area (Å²) in [4.78, 5) is 11.5. The lowest BCUT2D eigenvalue weighted by molar-refractivity contribution is -0.154. The number of carbonyl (C=O) groups is 1. The van der Waals surface area contributed by atoms with Crippen molar-refractivity contribution >= 4 is 5.97 Å². The SMILES string of the molecule is CC/C=C\C/C=C\C/C=C\C/C=C\C/C=C\CCCCCCCCCCOCC(CO)OC(=O)CCC. The van der Waals surface area contributed by atoms with Gasteiger partial charge in [0.1, 0.15) is 6.10 Å². The van der Waals surface area contributed by atoms with Gasteiger partial charge in [0.15, 0.2) is 0 Å². The molecule has 1 N–H and O–H groups in total. The zero-order valence-corrected chi connectivity index (χ0v) is 24.0. The Bertz CT molecular complexity index is 630. The van der Waals surface area contributed by atoms with Gasteiger partial charge in [0.2, 0.25) is 0 Å². The van der Waals surface area contributed by atoms with Crippen molar-refractivity contribution in [3.05, 3.63) is 60.8 Å². The number of aliphatic hydroxyl groups is 1. The minimum Gasteiger partial charge on any atom is -0.457 e. The normalized spacial score (nSPS) is 13.3. The van der Waals surface area contributed by atoms with E-state index in [4.69, 9.17) is 9.47 Å². The van der Waals surface area contributed by atoms with E-state index in [-0.39, 0.29) is 19.2 Å². The molecule has 0 saturated carbocycles. The molecule has 0 spiro atoms. The molecule has 4 heteroatoms. The van der Waals surface area contributed by atoms with E-state index < -0.39 is 6.10 Å². The van der Waals surface area contributed by atoms with Gasteiger partial charge in [0.25, 0.3) is 0 Å². The van der Waals surface area contributed by atoms with Crippen LogP contribution in [0.1, 0.15) is 117 Å². The number of hydrogen-bond donors (Lipinski definition) is 1. The van der Waals surface area contributed by atoms with Gasteiger partial charge in [-0.05, 0) is 57.8 Å². The molecule has 0 bridgehead atoms. The number of esters is 1. The molecule has 0 amide bonds. The van der Waals surface area contributed by atoms with Crippen molar-refractivity contribution < 1.29 is 19.4 Å². The van der Waals surface area contributed by atoms with E-state index in [1.165, 1.54) is 51.4 Å². The minimum absolute atomic E-state index is 0.184. The van der Waals surface area contributed by atoms with E-state index in [1.807, 2.05) is 6.92 Å². The number of allylic oxidation sites excluding steroid dienone is 10. The molecule has 0 saturated heterocycles.